The van der Waals surface area contributed by atoms with Crippen molar-refractivity contribution in [3.05, 3.63) is 66.0 Å². The average Bonchev–Trinajstić information content (AvgIpc) is 3.15. The van der Waals surface area contributed by atoms with Crippen LogP contribution in [0.3, 0.4) is 0 Å². The summed E-state index contributed by atoms with van der Waals surface area (Å²) in [5.74, 6) is 1.76. The number of methoxy groups -OCH3 is 3. The minimum Gasteiger partial charge on any atom is -0.493 e. The van der Waals surface area contributed by atoms with Crippen LogP contribution in [0.15, 0.2) is 54.9 Å². The number of ether oxygens (including phenoxy) is 3. The maximum atomic E-state index is 11.7. The molecule has 3 aromatic rings. The molecule has 0 radical (unpaired) electrons. The second kappa shape index (κ2) is 7.74. The van der Waals surface area contributed by atoms with E-state index in [0.29, 0.717) is 23.6 Å². The normalized spacial score (nSPS) is 10.4. The van der Waals surface area contributed by atoms with Crippen molar-refractivity contribution in [3.63, 3.8) is 0 Å². The molecule has 0 saturated carbocycles. The molecule has 6 heteroatoms. The predicted molar refractivity (Wildman–Crippen MR) is 97.7 cm³/mol. The summed E-state index contributed by atoms with van der Waals surface area (Å²) >= 11 is 0. The van der Waals surface area contributed by atoms with E-state index in [9.17, 15) is 4.79 Å². The lowest BCUT2D eigenvalue weighted by molar-refractivity contribution is 0.0600. The molecule has 0 fully saturated rings. The number of esters is 1. The Bertz CT molecular complexity index is 918. The van der Waals surface area contributed by atoms with Crippen molar-refractivity contribution < 1.29 is 19.0 Å². The lowest BCUT2D eigenvalue weighted by Gasteiger charge is -2.12. The number of nitrogens with zero attached hydrogens (tertiary/aromatic N) is 2. The maximum absolute atomic E-state index is 11.7. The summed E-state index contributed by atoms with van der Waals surface area (Å²) in [5.41, 5.74) is 2.42. The Morgan fingerprint density at radius 1 is 1.04 bits per heavy atom. The summed E-state index contributed by atoms with van der Waals surface area (Å²) in [7, 11) is 4.58. The minimum absolute atomic E-state index is 0.349. The highest BCUT2D eigenvalue weighted by atomic mass is 16.5. The van der Waals surface area contributed by atoms with E-state index in [0.717, 1.165) is 17.0 Å². The number of aromatic nitrogens is 2. The van der Waals surface area contributed by atoms with Gasteiger partial charge >= 0.3 is 5.97 Å². The third-order valence-electron chi connectivity index (χ3n) is 4.06. The summed E-state index contributed by atoms with van der Waals surface area (Å²) in [5, 5.41) is 0. The number of benzene rings is 2. The van der Waals surface area contributed by atoms with Gasteiger partial charge in [-0.25, -0.2) is 9.78 Å². The second-order valence-corrected chi connectivity index (χ2v) is 5.64. The van der Waals surface area contributed by atoms with E-state index in [1.807, 2.05) is 47.2 Å². The van der Waals surface area contributed by atoms with Crippen LogP contribution in [0.2, 0.25) is 0 Å². The monoisotopic (exact) mass is 352 g/mol. The molecule has 1 aromatic heterocycles. The van der Waals surface area contributed by atoms with Crippen LogP contribution >= 0.6 is 0 Å². The number of imidazole rings is 1. The van der Waals surface area contributed by atoms with Gasteiger partial charge in [-0.1, -0.05) is 12.1 Å². The first kappa shape index (κ1) is 17.5. The van der Waals surface area contributed by atoms with Crippen LogP contribution < -0.4 is 9.47 Å². The van der Waals surface area contributed by atoms with E-state index in [4.69, 9.17) is 14.2 Å². The number of carbonyl (C=O) groups excluding carboxylic acids is 1. The van der Waals surface area contributed by atoms with E-state index in [-0.39, 0.29) is 5.97 Å². The topological polar surface area (TPSA) is 62.6 Å². The van der Waals surface area contributed by atoms with Gasteiger partial charge in [0.1, 0.15) is 5.82 Å². The van der Waals surface area contributed by atoms with Gasteiger partial charge in [0.05, 0.1) is 26.9 Å². The van der Waals surface area contributed by atoms with Gasteiger partial charge in [-0.05, 0) is 35.9 Å². The van der Waals surface area contributed by atoms with Gasteiger partial charge in [0.2, 0.25) is 0 Å². The van der Waals surface area contributed by atoms with Crippen LogP contribution in [-0.2, 0) is 11.3 Å². The van der Waals surface area contributed by atoms with Gasteiger partial charge in [-0.2, -0.15) is 0 Å². The lowest BCUT2D eigenvalue weighted by Crippen LogP contribution is -2.05. The van der Waals surface area contributed by atoms with Crippen LogP contribution in [0.25, 0.3) is 11.4 Å². The molecule has 0 aliphatic heterocycles. The fourth-order valence-corrected chi connectivity index (χ4v) is 2.78. The highest BCUT2D eigenvalue weighted by Gasteiger charge is 2.12. The smallest absolute Gasteiger partial charge is 0.337 e. The molecule has 0 amide bonds. The van der Waals surface area contributed by atoms with Crippen LogP contribution in [0, 0.1) is 0 Å². The first-order valence-electron chi connectivity index (χ1n) is 8.07. The zero-order chi connectivity index (χ0) is 18.5. The fourth-order valence-electron chi connectivity index (χ4n) is 2.78. The van der Waals surface area contributed by atoms with E-state index >= 15 is 0 Å². The van der Waals surface area contributed by atoms with Gasteiger partial charge in [0.15, 0.2) is 11.5 Å². The van der Waals surface area contributed by atoms with E-state index < -0.39 is 0 Å². The Morgan fingerprint density at radius 3 is 2.58 bits per heavy atom. The summed E-state index contributed by atoms with van der Waals surface area (Å²) < 4.78 is 17.5. The van der Waals surface area contributed by atoms with Crippen molar-refractivity contribution >= 4 is 5.97 Å². The number of rotatable bonds is 6. The molecule has 134 valence electrons. The van der Waals surface area contributed by atoms with Crippen LogP contribution in [0.4, 0.5) is 0 Å². The quantitative estimate of drug-likeness (QED) is 0.636. The van der Waals surface area contributed by atoms with Crippen molar-refractivity contribution in [2.45, 2.75) is 6.54 Å². The molecule has 0 aliphatic carbocycles. The highest BCUT2D eigenvalue weighted by Crippen LogP contribution is 2.31. The first-order valence-corrected chi connectivity index (χ1v) is 8.07. The molecule has 0 saturated heterocycles. The van der Waals surface area contributed by atoms with Crippen LogP contribution in [-0.4, -0.2) is 36.8 Å². The van der Waals surface area contributed by atoms with Crippen LogP contribution in [0.1, 0.15) is 15.9 Å². The summed E-state index contributed by atoms with van der Waals surface area (Å²) in [6.07, 6.45) is 3.65. The highest BCUT2D eigenvalue weighted by molar-refractivity contribution is 5.89. The molecule has 0 atom stereocenters. The predicted octanol–water partition coefficient (Wildman–Crippen LogP) is 3.40. The molecule has 2 aromatic carbocycles. The summed E-state index contributed by atoms with van der Waals surface area (Å²) in [6, 6.07) is 13.0. The zero-order valence-corrected chi connectivity index (χ0v) is 14.9. The molecule has 26 heavy (non-hydrogen) atoms. The molecular weight excluding hydrogens is 332 g/mol. The second-order valence-electron chi connectivity index (χ2n) is 5.64. The third kappa shape index (κ3) is 3.54. The SMILES string of the molecule is COC(=O)c1cccc(Cn2ccnc2-c2ccc(OC)c(OC)c2)c1. The summed E-state index contributed by atoms with van der Waals surface area (Å²) in [6.45, 7) is 0.578. The summed E-state index contributed by atoms with van der Waals surface area (Å²) in [4.78, 5) is 16.2. The molecule has 3 rings (SSSR count). The Hall–Kier alpha value is -3.28. The minimum atomic E-state index is -0.349. The zero-order valence-electron chi connectivity index (χ0n) is 14.9. The van der Waals surface area contributed by atoms with Gasteiger partial charge < -0.3 is 18.8 Å². The molecule has 0 aliphatic rings. The van der Waals surface area contributed by atoms with Crippen molar-refractivity contribution in [1.82, 2.24) is 9.55 Å². The Morgan fingerprint density at radius 2 is 1.85 bits per heavy atom. The van der Waals surface area contributed by atoms with Crippen molar-refractivity contribution in [2.75, 3.05) is 21.3 Å². The van der Waals surface area contributed by atoms with E-state index in [1.165, 1.54) is 7.11 Å². The van der Waals surface area contributed by atoms with Crippen molar-refractivity contribution in [2.24, 2.45) is 0 Å². The number of hydrogen-bond donors (Lipinski definition) is 0. The molecule has 0 unspecified atom stereocenters. The molecule has 0 N–H and O–H groups in total. The van der Waals surface area contributed by atoms with Crippen molar-refractivity contribution in [3.8, 4) is 22.9 Å². The largest absolute Gasteiger partial charge is 0.493 e. The lowest BCUT2D eigenvalue weighted by atomic mass is 10.1. The standard InChI is InChI=1S/C20H20N2O4/c1-24-17-8-7-15(12-18(17)25-2)19-21-9-10-22(19)13-14-5-4-6-16(11-14)20(23)26-3/h4-12H,13H2,1-3H3. The number of carbonyl (C=O) groups is 1. The van der Waals surface area contributed by atoms with Crippen molar-refractivity contribution in [1.29, 1.82) is 0 Å². The van der Waals surface area contributed by atoms with Gasteiger partial charge in [-0.15, -0.1) is 0 Å². The van der Waals surface area contributed by atoms with Gasteiger partial charge in [-0.3, -0.25) is 0 Å². The average molecular weight is 352 g/mol. The molecule has 0 bridgehead atoms. The van der Waals surface area contributed by atoms with E-state index in [1.54, 1.807) is 26.5 Å². The Labute approximate surface area is 152 Å². The molecule has 6 nitrogen and oxygen atoms in total. The Balaban J connectivity index is 1.91. The fraction of sp³-hybridized carbons (Fsp3) is 0.200. The third-order valence-corrected chi connectivity index (χ3v) is 4.06. The maximum Gasteiger partial charge on any atom is 0.337 e. The molecular formula is C20H20N2O4. The number of hydrogen-bond acceptors (Lipinski definition) is 5. The molecule has 0 spiro atoms. The molecule has 1 heterocycles. The van der Waals surface area contributed by atoms with E-state index in [2.05, 4.69) is 4.98 Å². The Kier molecular flexibility index (Phi) is 5.22. The first-order chi connectivity index (χ1) is 12.7. The van der Waals surface area contributed by atoms with Gasteiger partial charge in [0, 0.05) is 24.5 Å². The van der Waals surface area contributed by atoms with Crippen LogP contribution in [0.5, 0.6) is 11.5 Å². The van der Waals surface area contributed by atoms with Gasteiger partial charge in [0.25, 0.3) is 0 Å².